The first-order chi connectivity index (χ1) is 20.0. The lowest BCUT2D eigenvalue weighted by molar-refractivity contribution is 1.06. The predicted octanol–water partition coefficient (Wildman–Crippen LogP) is 9.35. The average Bonchev–Trinajstić information content (AvgIpc) is 2.99. The molecule has 3 heteroatoms. The molecule has 3 nitrogen and oxygen atoms in total. The zero-order valence-corrected chi connectivity index (χ0v) is 24.2. The molecule has 0 heterocycles. The molecule has 0 atom stereocenters. The molecule has 41 heavy (non-hydrogen) atoms. The minimum Gasteiger partial charge on any atom is -0.261 e. The second kappa shape index (κ2) is 12.5. The Balaban J connectivity index is 1.61. The molecule has 0 saturated heterocycles. The Kier molecular flexibility index (Phi) is 8.45. The molecule has 0 unspecified atom stereocenters. The summed E-state index contributed by atoms with van der Waals surface area (Å²) in [6, 6.07) is 39.9. The fourth-order valence-electron chi connectivity index (χ4n) is 5.25. The molecule has 5 rings (SSSR count). The van der Waals surface area contributed by atoms with Crippen LogP contribution in [0.15, 0.2) is 130 Å². The molecule has 0 fully saturated rings. The largest absolute Gasteiger partial charge is 0.261 e. The molecule has 0 bridgehead atoms. The second-order valence-electron chi connectivity index (χ2n) is 10.4. The lowest BCUT2D eigenvalue weighted by atomic mass is 9.93. The van der Waals surface area contributed by atoms with Crippen molar-refractivity contribution in [2.45, 2.75) is 34.2 Å². The van der Waals surface area contributed by atoms with Gasteiger partial charge in [-0.3, -0.25) is 4.99 Å². The fraction of sp³-hybridized carbons (Fsp3) is 0.132. The summed E-state index contributed by atoms with van der Waals surface area (Å²) in [7, 11) is 0. The molecule has 0 N–H and O–H groups in total. The number of hydrogen-bond acceptors (Lipinski definition) is 1. The van der Waals surface area contributed by atoms with Gasteiger partial charge in [-0.1, -0.05) is 109 Å². The average molecular weight is 534 g/mol. The van der Waals surface area contributed by atoms with E-state index in [1.165, 1.54) is 33.4 Å². The van der Waals surface area contributed by atoms with Crippen LogP contribution in [0.25, 0.3) is 22.3 Å². The van der Waals surface area contributed by atoms with E-state index in [0.717, 1.165) is 27.8 Å². The molecular weight excluding hydrogens is 498 g/mol. The van der Waals surface area contributed by atoms with E-state index in [1.54, 1.807) is 0 Å². The van der Waals surface area contributed by atoms with Crippen molar-refractivity contribution in [3.8, 4) is 22.3 Å². The summed E-state index contributed by atoms with van der Waals surface area (Å²) in [5.41, 5.74) is 12.6. The van der Waals surface area contributed by atoms with Crippen molar-refractivity contribution < 1.29 is 0 Å². The lowest BCUT2D eigenvalue weighted by Gasteiger charge is -2.14. The van der Waals surface area contributed by atoms with Crippen LogP contribution in [0.4, 0.5) is 0 Å². The minimum atomic E-state index is 0.519. The quantitative estimate of drug-likeness (QED) is 0.154. The first-order valence-corrected chi connectivity index (χ1v) is 13.9. The smallest absolute Gasteiger partial charge is 0.161 e. The van der Waals surface area contributed by atoms with Crippen molar-refractivity contribution in [3.05, 3.63) is 154 Å². The van der Waals surface area contributed by atoms with E-state index in [0.29, 0.717) is 18.2 Å². The highest BCUT2D eigenvalue weighted by molar-refractivity contribution is 6.13. The van der Waals surface area contributed by atoms with Gasteiger partial charge >= 0.3 is 0 Å². The number of amidine groups is 2. The van der Waals surface area contributed by atoms with Gasteiger partial charge in [0.25, 0.3) is 0 Å². The summed E-state index contributed by atoms with van der Waals surface area (Å²) in [5.74, 6) is 1.20. The number of aliphatic imine (C=N–C) groups is 3. The molecule has 0 aliphatic heterocycles. The topological polar surface area (TPSA) is 37.1 Å². The summed E-state index contributed by atoms with van der Waals surface area (Å²) in [6.45, 7) is 13.0. The molecule has 0 amide bonds. The van der Waals surface area contributed by atoms with E-state index in [2.05, 4.69) is 136 Å². The van der Waals surface area contributed by atoms with Crippen LogP contribution in [0.3, 0.4) is 0 Å². The van der Waals surface area contributed by atoms with E-state index >= 15 is 0 Å². The molecule has 0 saturated carbocycles. The first-order valence-electron chi connectivity index (χ1n) is 13.9. The Hall–Kier alpha value is -4.89. The fourth-order valence-corrected chi connectivity index (χ4v) is 5.25. The molecule has 5 aromatic carbocycles. The maximum atomic E-state index is 5.07. The van der Waals surface area contributed by atoms with Crippen LogP contribution in [0.5, 0.6) is 0 Å². The van der Waals surface area contributed by atoms with Gasteiger partial charge in [0.1, 0.15) is 0 Å². The lowest BCUT2D eigenvalue weighted by Crippen LogP contribution is -2.08. The Morgan fingerprint density at radius 1 is 0.561 bits per heavy atom. The maximum Gasteiger partial charge on any atom is 0.161 e. The Morgan fingerprint density at radius 2 is 1.15 bits per heavy atom. The highest BCUT2D eigenvalue weighted by Crippen LogP contribution is 2.30. The Morgan fingerprint density at radius 3 is 1.78 bits per heavy atom. The van der Waals surface area contributed by atoms with Gasteiger partial charge in [0.2, 0.25) is 0 Å². The van der Waals surface area contributed by atoms with Crippen molar-refractivity contribution in [2.24, 2.45) is 15.0 Å². The Labute approximate surface area is 243 Å². The van der Waals surface area contributed by atoms with Crippen LogP contribution in [-0.4, -0.2) is 18.4 Å². The minimum absolute atomic E-state index is 0.519. The molecule has 202 valence electrons. The third-order valence-electron chi connectivity index (χ3n) is 7.55. The summed E-state index contributed by atoms with van der Waals surface area (Å²) >= 11 is 0. The standard InChI is InChI=1S/C38H35N3/c1-26-14-9-11-18-32(26)34-23-22-31(24-28(34)3)37(40-25-30-16-7-6-8-17-30)41-38(39-5)36-21-13-20-35(29(36)4)33-19-12-10-15-27(33)2/h6-24H,5,25H2,1-4H3. The zero-order valence-electron chi connectivity index (χ0n) is 24.2. The van der Waals surface area contributed by atoms with Gasteiger partial charge in [-0.2, -0.15) is 0 Å². The van der Waals surface area contributed by atoms with E-state index in [4.69, 9.17) is 9.98 Å². The molecule has 0 aromatic heterocycles. The SMILES string of the molecule is C=NC(=NC(=NCc1ccccc1)c1ccc(-c2ccccc2C)c(C)c1)c1cccc(-c2ccccc2C)c1C. The third-order valence-corrected chi connectivity index (χ3v) is 7.55. The van der Waals surface area contributed by atoms with Crippen molar-refractivity contribution in [1.82, 2.24) is 0 Å². The highest BCUT2D eigenvalue weighted by Gasteiger charge is 2.15. The van der Waals surface area contributed by atoms with Crippen LogP contribution >= 0.6 is 0 Å². The van der Waals surface area contributed by atoms with Gasteiger partial charge in [-0.15, -0.1) is 0 Å². The van der Waals surface area contributed by atoms with E-state index < -0.39 is 0 Å². The number of rotatable bonds is 6. The first kappa shape index (κ1) is 27.7. The Bertz CT molecular complexity index is 1760. The van der Waals surface area contributed by atoms with Crippen LogP contribution in [0, 0.1) is 27.7 Å². The third kappa shape index (κ3) is 6.15. The van der Waals surface area contributed by atoms with Crippen LogP contribution in [0.2, 0.25) is 0 Å². The summed E-state index contributed by atoms with van der Waals surface area (Å²) in [4.78, 5) is 14.5. The second-order valence-corrected chi connectivity index (χ2v) is 10.4. The summed E-state index contributed by atoms with van der Waals surface area (Å²) in [6.07, 6.45) is 0. The van der Waals surface area contributed by atoms with Gasteiger partial charge in [0.05, 0.1) is 6.54 Å². The van der Waals surface area contributed by atoms with Crippen molar-refractivity contribution in [3.63, 3.8) is 0 Å². The van der Waals surface area contributed by atoms with Gasteiger partial charge in [-0.05, 0) is 90.5 Å². The predicted molar refractivity (Wildman–Crippen MR) is 175 cm³/mol. The molecule has 0 aliphatic carbocycles. The van der Waals surface area contributed by atoms with E-state index in [-0.39, 0.29) is 0 Å². The molecule has 0 spiro atoms. The summed E-state index contributed by atoms with van der Waals surface area (Å²) < 4.78 is 0. The number of benzene rings is 5. The number of hydrogen-bond donors (Lipinski definition) is 0. The van der Waals surface area contributed by atoms with Crippen LogP contribution in [-0.2, 0) is 6.54 Å². The molecule has 5 aromatic rings. The van der Waals surface area contributed by atoms with Gasteiger partial charge in [0.15, 0.2) is 11.7 Å². The summed E-state index contributed by atoms with van der Waals surface area (Å²) in [5, 5.41) is 0. The highest BCUT2D eigenvalue weighted by atomic mass is 15.0. The van der Waals surface area contributed by atoms with Gasteiger partial charge in [0, 0.05) is 11.1 Å². The van der Waals surface area contributed by atoms with Crippen molar-refractivity contribution >= 4 is 18.4 Å². The van der Waals surface area contributed by atoms with Crippen LogP contribution < -0.4 is 0 Å². The van der Waals surface area contributed by atoms with Gasteiger partial charge in [-0.25, -0.2) is 9.98 Å². The number of nitrogens with zero attached hydrogens (tertiary/aromatic N) is 3. The van der Waals surface area contributed by atoms with Crippen molar-refractivity contribution in [2.75, 3.05) is 0 Å². The van der Waals surface area contributed by atoms with Gasteiger partial charge < -0.3 is 0 Å². The molecular formula is C38H35N3. The number of aryl methyl sites for hydroxylation is 3. The zero-order chi connectivity index (χ0) is 28.8. The molecule has 0 aliphatic rings. The van der Waals surface area contributed by atoms with E-state index in [9.17, 15) is 0 Å². The normalized spacial score (nSPS) is 11.9. The van der Waals surface area contributed by atoms with E-state index in [1.807, 2.05) is 18.2 Å². The van der Waals surface area contributed by atoms with Crippen LogP contribution in [0.1, 0.15) is 38.9 Å². The van der Waals surface area contributed by atoms with Crippen molar-refractivity contribution in [1.29, 1.82) is 0 Å². The molecule has 0 radical (unpaired) electrons. The monoisotopic (exact) mass is 533 g/mol. The maximum absolute atomic E-state index is 5.07.